The highest BCUT2D eigenvalue weighted by Crippen LogP contribution is 2.28. The molecule has 0 aliphatic rings. The average Bonchev–Trinajstić information content (AvgIpc) is 2.43. The van der Waals surface area contributed by atoms with Gasteiger partial charge in [0.15, 0.2) is 0 Å². The number of aromatic hydroxyl groups is 1. The molecule has 0 aliphatic carbocycles. The predicted octanol–water partition coefficient (Wildman–Crippen LogP) is 3.99. The number of para-hydroxylation sites is 1. The summed E-state index contributed by atoms with van der Waals surface area (Å²) in [6.07, 6.45) is 0. The lowest BCUT2D eigenvalue weighted by Gasteiger charge is -2.17. The largest absolute Gasteiger partial charge is 0.507 e. The first-order chi connectivity index (χ1) is 9.52. The van der Waals surface area contributed by atoms with Crippen molar-refractivity contribution in [2.24, 2.45) is 0 Å². The molecule has 0 fully saturated rings. The van der Waals surface area contributed by atoms with Crippen LogP contribution in [0.15, 0.2) is 36.4 Å². The van der Waals surface area contributed by atoms with Gasteiger partial charge < -0.3 is 10.4 Å². The first-order valence-electron chi connectivity index (χ1n) is 6.55. The Labute approximate surface area is 119 Å². The fourth-order valence-corrected chi connectivity index (χ4v) is 2.24. The fourth-order valence-electron chi connectivity index (χ4n) is 2.24. The monoisotopic (exact) mass is 266 g/mol. The van der Waals surface area contributed by atoms with Crippen molar-refractivity contribution in [1.82, 2.24) is 0 Å². The minimum absolute atomic E-state index is 0.293. The molecule has 2 aromatic carbocycles. The topological polar surface area (TPSA) is 56.0 Å². The van der Waals surface area contributed by atoms with Gasteiger partial charge >= 0.3 is 0 Å². The zero-order valence-corrected chi connectivity index (χ0v) is 11.9. The van der Waals surface area contributed by atoms with Gasteiger partial charge in [-0.05, 0) is 61.2 Å². The number of anilines is 1. The Bertz CT molecular complexity index is 648. The molecule has 0 saturated carbocycles. The normalized spacial score (nSPS) is 11.7. The molecule has 20 heavy (non-hydrogen) atoms. The molecule has 102 valence electrons. The maximum Gasteiger partial charge on any atom is 0.140 e. The summed E-state index contributed by atoms with van der Waals surface area (Å²) in [5.41, 5.74) is 4.48. The number of hydrogen-bond acceptors (Lipinski definition) is 3. The molecule has 2 N–H and O–H groups in total. The molecular formula is C17H18N2O. The van der Waals surface area contributed by atoms with E-state index in [9.17, 15) is 10.4 Å². The van der Waals surface area contributed by atoms with Gasteiger partial charge in [-0.2, -0.15) is 5.26 Å². The number of aryl methyl sites for hydroxylation is 3. The molecule has 0 radical (unpaired) electrons. The van der Waals surface area contributed by atoms with Crippen molar-refractivity contribution < 1.29 is 5.11 Å². The van der Waals surface area contributed by atoms with Crippen LogP contribution in [0.2, 0.25) is 0 Å². The van der Waals surface area contributed by atoms with Gasteiger partial charge in [0.05, 0.1) is 6.07 Å². The zero-order valence-electron chi connectivity index (χ0n) is 11.9. The molecule has 0 amide bonds. The standard InChI is InChI=1S/C17H18N2O/c1-11-6-4-5-7-15(11)19-16(10-18)14-8-12(2)17(20)13(3)9-14/h4-9,16,19-20H,1-3H3. The summed E-state index contributed by atoms with van der Waals surface area (Å²) in [6, 6.07) is 13.4. The van der Waals surface area contributed by atoms with E-state index in [-0.39, 0.29) is 0 Å². The third-order valence-electron chi connectivity index (χ3n) is 3.42. The molecule has 0 spiro atoms. The van der Waals surface area contributed by atoms with Crippen molar-refractivity contribution >= 4 is 5.69 Å². The Morgan fingerprint density at radius 1 is 1.05 bits per heavy atom. The molecule has 1 unspecified atom stereocenters. The SMILES string of the molecule is Cc1ccccc1NC(C#N)c1cc(C)c(O)c(C)c1. The summed E-state index contributed by atoms with van der Waals surface area (Å²) in [4.78, 5) is 0. The molecule has 3 heteroatoms. The van der Waals surface area contributed by atoms with Gasteiger partial charge in [0.25, 0.3) is 0 Å². The van der Waals surface area contributed by atoms with E-state index in [0.29, 0.717) is 5.75 Å². The van der Waals surface area contributed by atoms with Gasteiger partial charge in [-0.1, -0.05) is 18.2 Å². The second-order valence-electron chi connectivity index (χ2n) is 5.02. The lowest BCUT2D eigenvalue weighted by Crippen LogP contribution is -2.10. The van der Waals surface area contributed by atoms with Crippen LogP contribution in [0.1, 0.15) is 28.3 Å². The highest BCUT2D eigenvalue weighted by Gasteiger charge is 2.14. The Morgan fingerprint density at radius 3 is 2.20 bits per heavy atom. The maximum atomic E-state index is 9.82. The molecule has 0 heterocycles. The first-order valence-corrected chi connectivity index (χ1v) is 6.55. The minimum Gasteiger partial charge on any atom is -0.507 e. The van der Waals surface area contributed by atoms with Crippen molar-refractivity contribution in [3.05, 3.63) is 58.7 Å². The fraction of sp³-hybridized carbons (Fsp3) is 0.235. The van der Waals surface area contributed by atoms with E-state index in [4.69, 9.17) is 0 Å². The van der Waals surface area contributed by atoms with Crippen LogP contribution in [-0.4, -0.2) is 5.11 Å². The number of phenols is 1. The highest BCUT2D eigenvalue weighted by molar-refractivity contribution is 5.54. The molecule has 1 atom stereocenters. The number of hydrogen-bond donors (Lipinski definition) is 2. The lowest BCUT2D eigenvalue weighted by atomic mass is 10.0. The average molecular weight is 266 g/mol. The summed E-state index contributed by atoms with van der Waals surface area (Å²) in [5.74, 6) is 0.293. The quantitative estimate of drug-likeness (QED) is 0.883. The molecule has 2 rings (SSSR count). The molecule has 0 bridgehead atoms. The Morgan fingerprint density at radius 2 is 1.65 bits per heavy atom. The summed E-state index contributed by atoms with van der Waals surface area (Å²) in [6.45, 7) is 5.69. The van der Waals surface area contributed by atoms with Gasteiger partial charge in [-0.3, -0.25) is 0 Å². The minimum atomic E-state index is -0.436. The van der Waals surface area contributed by atoms with Gasteiger partial charge in [0, 0.05) is 5.69 Å². The van der Waals surface area contributed by atoms with Crippen LogP contribution in [0.5, 0.6) is 5.75 Å². The van der Waals surface area contributed by atoms with Crippen molar-refractivity contribution in [3.63, 3.8) is 0 Å². The first kappa shape index (κ1) is 14.0. The molecule has 3 nitrogen and oxygen atoms in total. The molecule has 0 aliphatic heterocycles. The van der Waals surface area contributed by atoms with Crippen LogP contribution < -0.4 is 5.32 Å². The summed E-state index contributed by atoms with van der Waals surface area (Å²) < 4.78 is 0. The maximum absolute atomic E-state index is 9.82. The summed E-state index contributed by atoms with van der Waals surface area (Å²) in [7, 11) is 0. The van der Waals surface area contributed by atoms with E-state index >= 15 is 0 Å². The number of nitrogens with one attached hydrogen (secondary N) is 1. The summed E-state index contributed by atoms with van der Waals surface area (Å²) in [5, 5.41) is 22.5. The second kappa shape index (κ2) is 5.66. The number of rotatable bonds is 3. The van der Waals surface area contributed by atoms with Crippen molar-refractivity contribution in [3.8, 4) is 11.8 Å². The van der Waals surface area contributed by atoms with Crippen LogP contribution in [0.25, 0.3) is 0 Å². The lowest BCUT2D eigenvalue weighted by molar-refractivity contribution is 0.466. The van der Waals surface area contributed by atoms with Gasteiger partial charge in [-0.25, -0.2) is 0 Å². The van der Waals surface area contributed by atoms with Crippen LogP contribution in [0, 0.1) is 32.1 Å². The van der Waals surface area contributed by atoms with Crippen molar-refractivity contribution in [2.45, 2.75) is 26.8 Å². The number of nitriles is 1. The second-order valence-corrected chi connectivity index (χ2v) is 5.02. The van der Waals surface area contributed by atoms with Gasteiger partial charge in [0.1, 0.15) is 11.8 Å². The van der Waals surface area contributed by atoms with E-state index in [0.717, 1.165) is 27.9 Å². The van der Waals surface area contributed by atoms with Crippen molar-refractivity contribution in [1.29, 1.82) is 5.26 Å². The Balaban J connectivity index is 2.35. The van der Waals surface area contributed by atoms with Crippen LogP contribution >= 0.6 is 0 Å². The smallest absolute Gasteiger partial charge is 0.140 e. The van der Waals surface area contributed by atoms with Crippen LogP contribution in [0.4, 0.5) is 5.69 Å². The van der Waals surface area contributed by atoms with Crippen molar-refractivity contribution in [2.75, 3.05) is 5.32 Å². The Kier molecular flexibility index (Phi) is 3.95. The zero-order chi connectivity index (χ0) is 14.7. The third-order valence-corrected chi connectivity index (χ3v) is 3.42. The van der Waals surface area contributed by atoms with E-state index < -0.39 is 6.04 Å². The number of nitrogens with zero attached hydrogens (tertiary/aromatic N) is 1. The van der Waals surface area contributed by atoms with E-state index in [1.165, 1.54) is 0 Å². The van der Waals surface area contributed by atoms with Crippen LogP contribution in [0.3, 0.4) is 0 Å². The van der Waals surface area contributed by atoms with Crippen LogP contribution in [-0.2, 0) is 0 Å². The van der Waals surface area contributed by atoms with Gasteiger partial charge in [0.2, 0.25) is 0 Å². The molecule has 2 aromatic rings. The van der Waals surface area contributed by atoms with E-state index in [1.807, 2.05) is 57.2 Å². The van der Waals surface area contributed by atoms with Gasteiger partial charge in [-0.15, -0.1) is 0 Å². The van der Waals surface area contributed by atoms with E-state index in [2.05, 4.69) is 11.4 Å². The number of phenolic OH excluding ortho intramolecular Hbond substituents is 1. The highest BCUT2D eigenvalue weighted by atomic mass is 16.3. The Hall–Kier alpha value is -2.47. The molecule has 0 saturated heterocycles. The predicted molar refractivity (Wildman–Crippen MR) is 80.7 cm³/mol. The number of benzene rings is 2. The summed E-state index contributed by atoms with van der Waals surface area (Å²) >= 11 is 0. The third kappa shape index (κ3) is 2.75. The van der Waals surface area contributed by atoms with E-state index in [1.54, 1.807) is 0 Å². The molecular weight excluding hydrogens is 248 g/mol. The molecule has 0 aromatic heterocycles.